The summed E-state index contributed by atoms with van der Waals surface area (Å²) in [6, 6.07) is 11.0. The molecule has 0 unspecified atom stereocenters. The van der Waals surface area contributed by atoms with E-state index in [0.29, 0.717) is 40.9 Å². The SMILES string of the molecule is COCCN1C(=O)C(=O)/C(=C(/O)c2ccc3c(c2)OCCO3)[C@H]1c1cccc(Cl)c1. The summed E-state index contributed by atoms with van der Waals surface area (Å²) in [6.07, 6.45) is 0. The second-order valence-electron chi connectivity index (χ2n) is 6.90. The fourth-order valence-corrected chi connectivity index (χ4v) is 3.87. The van der Waals surface area contributed by atoms with Crippen LogP contribution in [-0.4, -0.2) is 55.2 Å². The minimum atomic E-state index is -0.785. The average Bonchev–Trinajstić information content (AvgIpc) is 3.01. The third kappa shape index (κ3) is 3.62. The Hall–Kier alpha value is -3.03. The maximum absolute atomic E-state index is 12.9. The molecule has 156 valence electrons. The van der Waals surface area contributed by atoms with E-state index in [1.165, 1.54) is 12.0 Å². The smallest absolute Gasteiger partial charge is 0.295 e. The molecular formula is C22H20ClNO6. The molecule has 30 heavy (non-hydrogen) atoms. The first-order valence-corrected chi connectivity index (χ1v) is 9.82. The summed E-state index contributed by atoms with van der Waals surface area (Å²) in [6.45, 7) is 1.27. The lowest BCUT2D eigenvalue weighted by molar-refractivity contribution is -0.140. The Bertz CT molecular complexity index is 1030. The van der Waals surface area contributed by atoms with Crippen molar-refractivity contribution in [1.29, 1.82) is 0 Å². The number of carbonyl (C=O) groups is 2. The molecule has 2 aromatic rings. The van der Waals surface area contributed by atoms with E-state index < -0.39 is 17.7 Å². The lowest BCUT2D eigenvalue weighted by atomic mass is 9.95. The van der Waals surface area contributed by atoms with Gasteiger partial charge in [0.15, 0.2) is 11.5 Å². The zero-order valence-corrected chi connectivity index (χ0v) is 17.0. The second-order valence-corrected chi connectivity index (χ2v) is 7.34. The molecule has 8 heteroatoms. The van der Waals surface area contributed by atoms with E-state index in [-0.39, 0.29) is 24.5 Å². The van der Waals surface area contributed by atoms with E-state index in [9.17, 15) is 14.7 Å². The molecule has 1 fully saturated rings. The van der Waals surface area contributed by atoms with Crippen molar-refractivity contribution in [2.24, 2.45) is 0 Å². The van der Waals surface area contributed by atoms with Gasteiger partial charge < -0.3 is 24.2 Å². The van der Waals surface area contributed by atoms with Gasteiger partial charge in [0, 0.05) is 24.2 Å². The minimum Gasteiger partial charge on any atom is -0.507 e. The van der Waals surface area contributed by atoms with Crippen LogP contribution in [0, 0.1) is 0 Å². The van der Waals surface area contributed by atoms with E-state index in [2.05, 4.69) is 0 Å². The highest BCUT2D eigenvalue weighted by molar-refractivity contribution is 6.46. The molecule has 2 aliphatic rings. The van der Waals surface area contributed by atoms with E-state index in [4.69, 9.17) is 25.8 Å². The highest BCUT2D eigenvalue weighted by Gasteiger charge is 2.46. The molecule has 4 rings (SSSR count). The molecule has 7 nitrogen and oxygen atoms in total. The average molecular weight is 430 g/mol. The van der Waals surface area contributed by atoms with E-state index in [1.807, 2.05) is 0 Å². The summed E-state index contributed by atoms with van der Waals surface area (Å²) in [4.78, 5) is 27.1. The van der Waals surface area contributed by atoms with Gasteiger partial charge in [-0.15, -0.1) is 0 Å². The molecule has 0 bridgehead atoms. The maximum atomic E-state index is 12.9. The summed E-state index contributed by atoms with van der Waals surface area (Å²) < 4.78 is 16.2. The van der Waals surface area contributed by atoms with Gasteiger partial charge in [0.25, 0.3) is 11.7 Å². The molecule has 0 aliphatic carbocycles. The van der Waals surface area contributed by atoms with Crippen molar-refractivity contribution in [2.45, 2.75) is 6.04 Å². The van der Waals surface area contributed by atoms with Gasteiger partial charge in [0.05, 0.1) is 18.2 Å². The van der Waals surface area contributed by atoms with Gasteiger partial charge in [0.1, 0.15) is 19.0 Å². The largest absolute Gasteiger partial charge is 0.507 e. The number of carbonyl (C=O) groups excluding carboxylic acids is 2. The molecule has 1 saturated heterocycles. The Labute approximate surface area is 178 Å². The van der Waals surface area contributed by atoms with Crippen LogP contribution in [0.15, 0.2) is 48.0 Å². The zero-order chi connectivity index (χ0) is 21.3. The van der Waals surface area contributed by atoms with Crippen LogP contribution in [0.4, 0.5) is 0 Å². The predicted octanol–water partition coefficient (Wildman–Crippen LogP) is 3.18. The zero-order valence-electron chi connectivity index (χ0n) is 16.3. The highest BCUT2D eigenvalue weighted by atomic mass is 35.5. The fraction of sp³-hybridized carbons (Fsp3) is 0.273. The van der Waals surface area contributed by atoms with Gasteiger partial charge in [-0.2, -0.15) is 0 Å². The fourth-order valence-electron chi connectivity index (χ4n) is 3.67. The van der Waals surface area contributed by atoms with Crippen LogP contribution >= 0.6 is 11.6 Å². The van der Waals surface area contributed by atoms with Crippen LogP contribution in [0.5, 0.6) is 11.5 Å². The number of methoxy groups -OCH3 is 1. The number of aliphatic hydroxyl groups is 1. The number of ketones is 1. The highest BCUT2D eigenvalue weighted by Crippen LogP contribution is 2.41. The van der Waals surface area contributed by atoms with Crippen molar-refractivity contribution in [3.05, 3.63) is 64.2 Å². The lowest BCUT2D eigenvalue weighted by Crippen LogP contribution is -2.32. The predicted molar refractivity (Wildman–Crippen MR) is 110 cm³/mol. The van der Waals surface area contributed by atoms with Crippen LogP contribution in [0.25, 0.3) is 5.76 Å². The van der Waals surface area contributed by atoms with Crippen molar-refractivity contribution < 1.29 is 28.9 Å². The molecule has 1 atom stereocenters. The summed E-state index contributed by atoms with van der Waals surface area (Å²) >= 11 is 6.15. The Kier molecular flexibility index (Phi) is 5.65. The summed E-state index contributed by atoms with van der Waals surface area (Å²) in [5.41, 5.74) is 0.975. The van der Waals surface area contributed by atoms with Gasteiger partial charge >= 0.3 is 0 Å². The quantitative estimate of drug-likeness (QED) is 0.446. The van der Waals surface area contributed by atoms with Crippen molar-refractivity contribution >= 4 is 29.1 Å². The third-order valence-electron chi connectivity index (χ3n) is 5.06. The number of rotatable bonds is 5. The van der Waals surface area contributed by atoms with Crippen molar-refractivity contribution in [1.82, 2.24) is 4.90 Å². The van der Waals surface area contributed by atoms with Gasteiger partial charge in [-0.25, -0.2) is 0 Å². The first-order valence-electron chi connectivity index (χ1n) is 9.44. The Morgan fingerprint density at radius 1 is 1.17 bits per heavy atom. The number of nitrogens with zero attached hydrogens (tertiary/aromatic N) is 1. The summed E-state index contributed by atoms with van der Waals surface area (Å²) in [5, 5.41) is 11.5. The molecule has 2 aliphatic heterocycles. The molecule has 0 spiro atoms. The number of hydrogen-bond donors (Lipinski definition) is 1. The second kappa shape index (κ2) is 8.38. The number of ether oxygens (including phenoxy) is 3. The topological polar surface area (TPSA) is 85.3 Å². The van der Waals surface area contributed by atoms with Crippen LogP contribution in [0.1, 0.15) is 17.2 Å². The van der Waals surface area contributed by atoms with Crippen LogP contribution in [0.3, 0.4) is 0 Å². The van der Waals surface area contributed by atoms with Crippen molar-refractivity contribution in [3.8, 4) is 11.5 Å². The Morgan fingerprint density at radius 3 is 2.67 bits per heavy atom. The molecule has 2 aromatic carbocycles. The van der Waals surface area contributed by atoms with Gasteiger partial charge in [-0.3, -0.25) is 9.59 Å². The first-order chi connectivity index (χ1) is 14.5. The number of Topliss-reactive ketones (excluding diaryl/α,β-unsaturated/α-hetero) is 1. The molecule has 1 amide bonds. The van der Waals surface area contributed by atoms with Crippen molar-refractivity contribution in [3.63, 3.8) is 0 Å². The maximum Gasteiger partial charge on any atom is 0.295 e. The minimum absolute atomic E-state index is 0.00459. The molecular weight excluding hydrogens is 410 g/mol. The van der Waals surface area contributed by atoms with E-state index in [1.54, 1.807) is 42.5 Å². The first kappa shape index (κ1) is 20.3. The molecule has 0 saturated carbocycles. The van der Waals surface area contributed by atoms with Crippen LogP contribution in [0.2, 0.25) is 5.02 Å². The van der Waals surface area contributed by atoms with Gasteiger partial charge in [0.2, 0.25) is 0 Å². The number of halogens is 1. The van der Waals surface area contributed by atoms with E-state index in [0.717, 1.165) is 0 Å². The number of aliphatic hydroxyl groups excluding tert-OH is 1. The number of likely N-dealkylation sites (tertiary alicyclic amines) is 1. The van der Waals surface area contributed by atoms with Gasteiger partial charge in [-0.05, 0) is 35.9 Å². The number of fused-ring (bicyclic) bond motifs is 1. The molecule has 2 heterocycles. The van der Waals surface area contributed by atoms with Crippen molar-refractivity contribution in [2.75, 3.05) is 33.5 Å². The Morgan fingerprint density at radius 2 is 1.93 bits per heavy atom. The summed E-state index contributed by atoms with van der Waals surface area (Å²) in [7, 11) is 1.51. The van der Waals surface area contributed by atoms with E-state index >= 15 is 0 Å². The van der Waals surface area contributed by atoms with Crippen LogP contribution < -0.4 is 9.47 Å². The number of hydrogen-bond acceptors (Lipinski definition) is 6. The lowest BCUT2D eigenvalue weighted by Gasteiger charge is -2.25. The van der Waals surface area contributed by atoms with Gasteiger partial charge in [-0.1, -0.05) is 23.7 Å². The molecule has 0 radical (unpaired) electrons. The molecule has 1 N–H and O–H groups in total. The monoisotopic (exact) mass is 429 g/mol. The Balaban J connectivity index is 1.84. The standard InChI is InChI=1S/C22H20ClNO6/c1-28-8-7-24-19(13-3-2-4-15(23)11-13)18(21(26)22(24)27)20(25)14-5-6-16-17(12-14)30-10-9-29-16/h2-6,11-12,19,25H,7-10H2,1H3/b20-18+/t19-/m1/s1. The third-order valence-corrected chi connectivity index (χ3v) is 5.29. The normalized spacial score (nSPS) is 19.9. The number of benzene rings is 2. The number of amides is 1. The molecule has 0 aromatic heterocycles. The van der Waals surface area contributed by atoms with Crippen LogP contribution in [-0.2, 0) is 14.3 Å². The summed E-state index contributed by atoms with van der Waals surface area (Å²) in [5.74, 6) is -0.710.